The molecule has 0 amide bonds. The molecule has 0 aromatic carbocycles. The molecule has 0 aliphatic rings. The molecule has 4 N–H and O–H groups in total. The number of rotatable bonds is 8. The first-order valence-corrected chi connectivity index (χ1v) is 7.92. The average molecular weight is 233 g/mol. The maximum Gasteiger partial charge on any atom is 0.334 e. The van der Waals surface area contributed by atoms with Crippen molar-refractivity contribution in [2.45, 2.75) is 32.9 Å². The molecule has 0 saturated carbocycles. The van der Waals surface area contributed by atoms with E-state index in [4.69, 9.17) is 20.0 Å². The van der Waals surface area contributed by atoms with Gasteiger partial charge in [0.05, 0.1) is 0 Å². The highest BCUT2D eigenvalue weighted by Gasteiger charge is 2.29. The highest BCUT2D eigenvalue weighted by molar-refractivity contribution is 6.66. The van der Waals surface area contributed by atoms with Gasteiger partial charge in [-0.2, -0.15) is 0 Å². The van der Waals surface area contributed by atoms with Crippen LogP contribution in [0.4, 0.5) is 0 Å². The fourth-order valence-electron chi connectivity index (χ4n) is 1.43. The zero-order valence-corrected chi connectivity index (χ0v) is 10.9. The minimum atomic E-state index is -1.97. The van der Waals surface area contributed by atoms with Crippen molar-refractivity contribution in [1.29, 1.82) is 5.41 Å². The minimum absolute atomic E-state index is 0.0196. The number of hydrogen-bond acceptors (Lipinski definition) is 3. The lowest BCUT2D eigenvalue weighted by molar-refractivity contribution is 0.188. The summed E-state index contributed by atoms with van der Waals surface area (Å²) in [4.78, 5) is 0. The Labute approximate surface area is 93.1 Å². The number of nitrogens with two attached hydrogens (primary N) is 1. The van der Waals surface area contributed by atoms with Crippen LogP contribution in [-0.2, 0) is 8.85 Å². The fourth-order valence-corrected chi connectivity index (χ4v) is 3.84. The molecule has 5 nitrogen and oxygen atoms in total. The van der Waals surface area contributed by atoms with E-state index in [2.05, 4.69) is 11.9 Å². The van der Waals surface area contributed by atoms with Gasteiger partial charge in [0.2, 0.25) is 0 Å². The van der Waals surface area contributed by atoms with Crippen LogP contribution in [0, 0.1) is 5.41 Å². The van der Waals surface area contributed by atoms with Crippen LogP contribution in [0.5, 0.6) is 0 Å². The van der Waals surface area contributed by atoms with Crippen LogP contribution in [0.15, 0.2) is 0 Å². The molecule has 0 spiro atoms. The van der Waals surface area contributed by atoms with Crippen LogP contribution in [0.1, 0.15) is 20.3 Å². The summed E-state index contributed by atoms with van der Waals surface area (Å²) in [5.41, 5.74) is 5.18. The molecular weight excluding hydrogens is 210 g/mol. The number of guanidine groups is 1. The molecule has 0 aliphatic heterocycles. The van der Waals surface area contributed by atoms with E-state index in [0.29, 0.717) is 19.8 Å². The molecule has 0 fully saturated rings. The van der Waals surface area contributed by atoms with Crippen molar-refractivity contribution in [2.24, 2.45) is 5.73 Å². The van der Waals surface area contributed by atoms with Gasteiger partial charge in [-0.1, -0.05) is 0 Å². The van der Waals surface area contributed by atoms with Gasteiger partial charge in [0.15, 0.2) is 5.96 Å². The van der Waals surface area contributed by atoms with Crippen LogP contribution in [0.2, 0.25) is 12.6 Å². The third-order valence-corrected chi connectivity index (χ3v) is 5.08. The van der Waals surface area contributed by atoms with E-state index in [1.165, 1.54) is 0 Å². The van der Waals surface area contributed by atoms with Crippen LogP contribution in [-0.4, -0.2) is 34.3 Å². The highest BCUT2D eigenvalue weighted by Crippen LogP contribution is 2.15. The van der Waals surface area contributed by atoms with E-state index in [9.17, 15) is 0 Å². The lowest BCUT2D eigenvalue weighted by Gasteiger charge is -2.25. The van der Waals surface area contributed by atoms with Gasteiger partial charge in [0, 0.05) is 19.8 Å². The smallest absolute Gasteiger partial charge is 0.334 e. The Morgan fingerprint density at radius 3 is 2.27 bits per heavy atom. The predicted molar refractivity (Wildman–Crippen MR) is 64.2 cm³/mol. The van der Waals surface area contributed by atoms with Crippen molar-refractivity contribution < 1.29 is 8.85 Å². The van der Waals surface area contributed by atoms with Gasteiger partial charge in [-0.05, 0) is 32.9 Å². The number of hydrogen-bond donors (Lipinski definition) is 3. The van der Waals surface area contributed by atoms with E-state index in [1.807, 2.05) is 13.8 Å². The standard InChI is InChI=1S/C9H23N3O2Si/c1-4-13-15(3,14-5-2)8-6-7-12-9(10)11/h4-8H2,1-3H3,(H4,10,11,12). The second-order valence-corrected chi connectivity index (χ2v) is 6.79. The maximum atomic E-state index is 7.01. The first-order chi connectivity index (χ1) is 7.04. The van der Waals surface area contributed by atoms with Crippen LogP contribution in [0.3, 0.4) is 0 Å². The molecular formula is C9H23N3O2Si. The van der Waals surface area contributed by atoms with E-state index in [0.717, 1.165) is 12.5 Å². The van der Waals surface area contributed by atoms with E-state index < -0.39 is 8.56 Å². The zero-order chi connectivity index (χ0) is 11.7. The van der Waals surface area contributed by atoms with Crippen molar-refractivity contribution in [3.63, 3.8) is 0 Å². The fraction of sp³-hybridized carbons (Fsp3) is 0.889. The highest BCUT2D eigenvalue weighted by atomic mass is 28.4. The van der Waals surface area contributed by atoms with Gasteiger partial charge < -0.3 is 19.9 Å². The van der Waals surface area contributed by atoms with Crippen molar-refractivity contribution in [1.82, 2.24) is 5.32 Å². The van der Waals surface area contributed by atoms with Crippen molar-refractivity contribution in [2.75, 3.05) is 19.8 Å². The molecule has 0 aromatic rings. The summed E-state index contributed by atoms with van der Waals surface area (Å²) in [6, 6.07) is 0.926. The Morgan fingerprint density at radius 1 is 1.33 bits per heavy atom. The minimum Gasteiger partial charge on any atom is -0.395 e. The van der Waals surface area contributed by atoms with E-state index in [1.54, 1.807) is 0 Å². The second-order valence-electron chi connectivity index (χ2n) is 3.44. The molecule has 0 rings (SSSR count). The lowest BCUT2D eigenvalue weighted by Crippen LogP contribution is -2.40. The van der Waals surface area contributed by atoms with Gasteiger partial charge in [-0.3, -0.25) is 5.41 Å². The third kappa shape index (κ3) is 7.35. The Hall–Kier alpha value is -0.593. The molecule has 15 heavy (non-hydrogen) atoms. The maximum absolute atomic E-state index is 7.01. The van der Waals surface area contributed by atoms with Crippen LogP contribution in [0.25, 0.3) is 0 Å². The van der Waals surface area contributed by atoms with Gasteiger partial charge in [0.25, 0.3) is 0 Å². The van der Waals surface area contributed by atoms with Crippen LogP contribution >= 0.6 is 0 Å². The number of nitrogens with one attached hydrogen (secondary N) is 2. The zero-order valence-electron chi connectivity index (χ0n) is 9.93. The normalized spacial score (nSPS) is 11.4. The molecule has 6 heteroatoms. The second kappa shape index (κ2) is 7.67. The van der Waals surface area contributed by atoms with Crippen molar-refractivity contribution in [3.05, 3.63) is 0 Å². The van der Waals surface area contributed by atoms with Gasteiger partial charge in [-0.25, -0.2) is 0 Å². The van der Waals surface area contributed by atoms with E-state index in [-0.39, 0.29) is 5.96 Å². The SMILES string of the molecule is CCO[Si](C)(CCCNC(=N)N)OCC. The molecule has 0 aliphatic carbocycles. The molecule has 90 valence electrons. The third-order valence-electron chi connectivity index (χ3n) is 2.02. The molecule has 0 bridgehead atoms. The predicted octanol–water partition coefficient (Wildman–Crippen LogP) is 1.00. The summed E-state index contributed by atoms with van der Waals surface area (Å²) >= 11 is 0. The average Bonchev–Trinajstić information content (AvgIpc) is 2.13. The Kier molecular flexibility index (Phi) is 7.36. The molecule has 0 aromatic heterocycles. The molecule has 0 saturated heterocycles. The molecule has 0 radical (unpaired) electrons. The van der Waals surface area contributed by atoms with E-state index >= 15 is 0 Å². The largest absolute Gasteiger partial charge is 0.395 e. The lowest BCUT2D eigenvalue weighted by atomic mass is 10.5. The summed E-state index contributed by atoms with van der Waals surface area (Å²) in [7, 11) is -1.97. The molecule has 0 unspecified atom stereocenters. The quantitative estimate of drug-likeness (QED) is 0.253. The molecule has 0 atom stereocenters. The Morgan fingerprint density at radius 2 is 1.87 bits per heavy atom. The monoisotopic (exact) mass is 233 g/mol. The van der Waals surface area contributed by atoms with Gasteiger partial charge in [-0.15, -0.1) is 0 Å². The Balaban J connectivity index is 3.79. The molecule has 0 heterocycles. The summed E-state index contributed by atoms with van der Waals surface area (Å²) < 4.78 is 11.4. The summed E-state index contributed by atoms with van der Waals surface area (Å²) in [6.45, 7) is 8.15. The Bertz CT molecular complexity index is 184. The summed E-state index contributed by atoms with van der Waals surface area (Å²) in [5.74, 6) is 0.0196. The first kappa shape index (κ1) is 14.4. The first-order valence-electron chi connectivity index (χ1n) is 5.40. The summed E-state index contributed by atoms with van der Waals surface area (Å²) in [6.07, 6.45) is 0.919. The van der Waals surface area contributed by atoms with Crippen molar-refractivity contribution in [3.8, 4) is 0 Å². The van der Waals surface area contributed by atoms with Gasteiger partial charge in [0.1, 0.15) is 0 Å². The van der Waals surface area contributed by atoms with Gasteiger partial charge >= 0.3 is 8.56 Å². The summed E-state index contributed by atoms with van der Waals surface area (Å²) in [5, 5.41) is 9.78. The van der Waals surface area contributed by atoms with Crippen LogP contribution < -0.4 is 11.1 Å². The topological polar surface area (TPSA) is 80.4 Å². The van der Waals surface area contributed by atoms with Crippen molar-refractivity contribution >= 4 is 14.5 Å².